The molecule has 0 bridgehead atoms. The number of halogens is 1. The van der Waals surface area contributed by atoms with Crippen molar-refractivity contribution in [3.05, 3.63) is 29.0 Å². The van der Waals surface area contributed by atoms with Crippen LogP contribution in [-0.4, -0.2) is 22.1 Å². The van der Waals surface area contributed by atoms with Crippen molar-refractivity contribution in [1.29, 1.82) is 0 Å². The molecule has 0 fully saturated rings. The van der Waals surface area contributed by atoms with Crippen molar-refractivity contribution in [3.63, 3.8) is 0 Å². The summed E-state index contributed by atoms with van der Waals surface area (Å²) >= 11 is 6.10. The van der Waals surface area contributed by atoms with Crippen molar-refractivity contribution in [3.8, 4) is 0 Å². The van der Waals surface area contributed by atoms with E-state index in [1.54, 1.807) is 0 Å². The first kappa shape index (κ1) is 14.4. The van der Waals surface area contributed by atoms with Gasteiger partial charge in [-0.25, -0.2) is 4.98 Å². The first-order valence-electron chi connectivity index (χ1n) is 7.03. The molecule has 2 rings (SSSR count). The average molecular weight is 280 g/mol. The number of nitrogens with zero attached hydrogens (tertiary/aromatic N) is 2. The quantitative estimate of drug-likeness (QED) is 0.875. The number of fused-ring (bicyclic) bond motifs is 1. The van der Waals surface area contributed by atoms with E-state index < -0.39 is 0 Å². The molecule has 1 aromatic carbocycles. The van der Waals surface area contributed by atoms with Crippen LogP contribution in [0.25, 0.3) is 11.0 Å². The SMILES string of the molecule is CCCn1c(CC(C)NCC)nc2ccc(Cl)cc21. The maximum atomic E-state index is 6.10. The Kier molecular flexibility index (Phi) is 4.83. The molecule has 1 aromatic heterocycles. The van der Waals surface area contributed by atoms with E-state index in [2.05, 4.69) is 30.7 Å². The lowest BCUT2D eigenvalue weighted by molar-refractivity contribution is 0.532. The Labute approximate surface area is 120 Å². The van der Waals surface area contributed by atoms with Crippen LogP contribution in [0.15, 0.2) is 18.2 Å². The number of hydrogen-bond donors (Lipinski definition) is 1. The predicted octanol–water partition coefficient (Wildman–Crippen LogP) is 3.64. The number of nitrogens with one attached hydrogen (secondary N) is 1. The van der Waals surface area contributed by atoms with Crippen LogP contribution in [0, 0.1) is 0 Å². The summed E-state index contributed by atoms with van der Waals surface area (Å²) in [6, 6.07) is 6.37. The molecular weight excluding hydrogens is 258 g/mol. The van der Waals surface area contributed by atoms with Crippen LogP contribution in [0.5, 0.6) is 0 Å². The molecular formula is C15H22ClN3. The average Bonchev–Trinajstić information content (AvgIpc) is 2.68. The fraction of sp³-hybridized carbons (Fsp3) is 0.533. The van der Waals surface area contributed by atoms with Gasteiger partial charge in [0, 0.05) is 24.0 Å². The summed E-state index contributed by atoms with van der Waals surface area (Å²) < 4.78 is 2.30. The highest BCUT2D eigenvalue weighted by Crippen LogP contribution is 2.22. The lowest BCUT2D eigenvalue weighted by Gasteiger charge is -2.13. The number of hydrogen-bond acceptors (Lipinski definition) is 2. The van der Waals surface area contributed by atoms with Gasteiger partial charge >= 0.3 is 0 Å². The zero-order chi connectivity index (χ0) is 13.8. The number of likely N-dealkylation sites (N-methyl/N-ethyl adjacent to an activating group) is 1. The molecule has 0 aliphatic carbocycles. The summed E-state index contributed by atoms with van der Waals surface area (Å²) in [5.74, 6) is 1.15. The molecule has 0 saturated heterocycles. The Morgan fingerprint density at radius 3 is 2.84 bits per heavy atom. The molecule has 1 N–H and O–H groups in total. The van der Waals surface area contributed by atoms with Crippen molar-refractivity contribution in [2.75, 3.05) is 6.54 Å². The third-order valence-corrected chi connectivity index (χ3v) is 3.51. The Morgan fingerprint density at radius 2 is 2.16 bits per heavy atom. The van der Waals surface area contributed by atoms with E-state index in [0.29, 0.717) is 6.04 Å². The molecule has 0 spiro atoms. The molecule has 2 aromatic rings. The number of imidazole rings is 1. The zero-order valence-corrected chi connectivity index (χ0v) is 12.7. The van der Waals surface area contributed by atoms with Gasteiger partial charge in [-0.05, 0) is 38.1 Å². The molecule has 0 saturated carbocycles. The van der Waals surface area contributed by atoms with Gasteiger partial charge in [-0.2, -0.15) is 0 Å². The van der Waals surface area contributed by atoms with Gasteiger partial charge in [0.1, 0.15) is 5.82 Å². The fourth-order valence-electron chi connectivity index (χ4n) is 2.47. The van der Waals surface area contributed by atoms with Gasteiger partial charge in [0.25, 0.3) is 0 Å². The van der Waals surface area contributed by atoms with E-state index in [-0.39, 0.29) is 0 Å². The summed E-state index contributed by atoms with van der Waals surface area (Å²) in [6.07, 6.45) is 2.04. The van der Waals surface area contributed by atoms with Gasteiger partial charge in [0.2, 0.25) is 0 Å². The van der Waals surface area contributed by atoms with Crippen LogP contribution >= 0.6 is 11.6 Å². The lowest BCUT2D eigenvalue weighted by atomic mass is 10.2. The number of rotatable bonds is 6. The van der Waals surface area contributed by atoms with Gasteiger partial charge < -0.3 is 9.88 Å². The number of benzene rings is 1. The first-order valence-corrected chi connectivity index (χ1v) is 7.41. The standard InChI is InChI=1S/C15H22ClN3/c1-4-8-19-14-10-12(16)6-7-13(14)18-15(19)9-11(3)17-5-2/h6-7,10-11,17H,4-5,8-9H2,1-3H3. The van der Waals surface area contributed by atoms with Gasteiger partial charge in [0.15, 0.2) is 0 Å². The largest absolute Gasteiger partial charge is 0.328 e. The van der Waals surface area contributed by atoms with Crippen LogP contribution in [0.1, 0.15) is 33.0 Å². The molecule has 0 amide bonds. The second-order valence-electron chi connectivity index (χ2n) is 4.98. The lowest BCUT2D eigenvalue weighted by Crippen LogP contribution is -2.28. The molecule has 0 aliphatic heterocycles. The van der Waals surface area contributed by atoms with Crippen molar-refractivity contribution in [1.82, 2.24) is 14.9 Å². The van der Waals surface area contributed by atoms with Crippen molar-refractivity contribution < 1.29 is 0 Å². The molecule has 1 atom stereocenters. The van der Waals surface area contributed by atoms with Crippen LogP contribution in [0.2, 0.25) is 5.02 Å². The Morgan fingerprint density at radius 1 is 1.37 bits per heavy atom. The fourth-order valence-corrected chi connectivity index (χ4v) is 2.64. The third-order valence-electron chi connectivity index (χ3n) is 3.28. The topological polar surface area (TPSA) is 29.9 Å². The second kappa shape index (κ2) is 6.40. The minimum atomic E-state index is 0.438. The van der Waals surface area contributed by atoms with E-state index in [4.69, 9.17) is 16.6 Å². The summed E-state index contributed by atoms with van der Waals surface area (Å²) in [5.41, 5.74) is 2.18. The van der Waals surface area contributed by atoms with E-state index in [1.165, 1.54) is 0 Å². The monoisotopic (exact) mass is 279 g/mol. The molecule has 3 nitrogen and oxygen atoms in total. The van der Waals surface area contributed by atoms with E-state index >= 15 is 0 Å². The van der Waals surface area contributed by atoms with Crippen molar-refractivity contribution >= 4 is 22.6 Å². The van der Waals surface area contributed by atoms with Gasteiger partial charge in [-0.3, -0.25) is 0 Å². The molecule has 19 heavy (non-hydrogen) atoms. The van der Waals surface area contributed by atoms with E-state index in [1.807, 2.05) is 18.2 Å². The van der Waals surface area contributed by atoms with Gasteiger partial charge in [-0.1, -0.05) is 25.4 Å². The Balaban J connectivity index is 2.38. The third kappa shape index (κ3) is 3.28. The molecule has 1 heterocycles. The molecule has 1 unspecified atom stereocenters. The zero-order valence-electron chi connectivity index (χ0n) is 11.9. The van der Waals surface area contributed by atoms with Crippen molar-refractivity contribution in [2.24, 2.45) is 0 Å². The molecule has 0 radical (unpaired) electrons. The van der Waals surface area contributed by atoms with Crippen LogP contribution in [-0.2, 0) is 13.0 Å². The Hall–Kier alpha value is -1.06. The summed E-state index contributed by atoms with van der Waals surface area (Å²) in [4.78, 5) is 4.76. The number of aryl methyl sites for hydroxylation is 1. The Bertz CT molecular complexity index is 548. The van der Waals surface area contributed by atoms with Crippen LogP contribution in [0.4, 0.5) is 0 Å². The summed E-state index contributed by atoms with van der Waals surface area (Å²) in [5, 5.41) is 4.21. The normalized spacial score (nSPS) is 13.1. The highest BCUT2D eigenvalue weighted by molar-refractivity contribution is 6.31. The van der Waals surface area contributed by atoms with Crippen LogP contribution in [0.3, 0.4) is 0 Å². The maximum absolute atomic E-state index is 6.10. The summed E-state index contributed by atoms with van der Waals surface area (Å²) in [6.45, 7) is 8.50. The van der Waals surface area contributed by atoms with Gasteiger partial charge in [0.05, 0.1) is 11.0 Å². The molecule has 4 heteroatoms. The minimum absolute atomic E-state index is 0.438. The van der Waals surface area contributed by atoms with Crippen LogP contribution < -0.4 is 5.32 Å². The van der Waals surface area contributed by atoms with Crippen molar-refractivity contribution in [2.45, 2.75) is 46.2 Å². The molecule has 104 valence electrons. The number of aromatic nitrogens is 2. The smallest absolute Gasteiger partial charge is 0.111 e. The molecule has 0 aliphatic rings. The van der Waals surface area contributed by atoms with E-state index in [9.17, 15) is 0 Å². The summed E-state index contributed by atoms with van der Waals surface area (Å²) in [7, 11) is 0. The minimum Gasteiger partial charge on any atom is -0.328 e. The highest BCUT2D eigenvalue weighted by Gasteiger charge is 2.13. The maximum Gasteiger partial charge on any atom is 0.111 e. The van der Waals surface area contributed by atoms with E-state index in [0.717, 1.165) is 47.8 Å². The predicted molar refractivity (Wildman–Crippen MR) is 81.9 cm³/mol. The van der Waals surface area contributed by atoms with Gasteiger partial charge in [-0.15, -0.1) is 0 Å². The highest BCUT2D eigenvalue weighted by atomic mass is 35.5. The second-order valence-corrected chi connectivity index (χ2v) is 5.41. The first-order chi connectivity index (χ1) is 9.15.